The molecule has 0 bridgehead atoms. The fraction of sp³-hybridized carbons (Fsp3) is 0.444. The van der Waals surface area contributed by atoms with Crippen molar-refractivity contribution < 1.29 is 0 Å². The zero-order valence-corrected chi connectivity index (χ0v) is 14.8. The Morgan fingerprint density at radius 3 is 2.14 bits per heavy atom. The molecule has 21 heavy (non-hydrogen) atoms. The predicted octanol–water partition coefficient (Wildman–Crippen LogP) is 6.01. The first-order chi connectivity index (χ1) is 9.95. The van der Waals surface area contributed by atoms with Crippen molar-refractivity contribution in [1.29, 1.82) is 0 Å². The molecule has 2 aromatic rings. The average Bonchev–Trinajstić information content (AvgIpc) is 2.85. The lowest BCUT2D eigenvalue weighted by atomic mass is 9.99. The van der Waals surface area contributed by atoms with Crippen LogP contribution in [0.2, 0.25) is 4.34 Å². The Labute approximate surface area is 137 Å². The van der Waals surface area contributed by atoms with Crippen LogP contribution in [0, 0.1) is 5.92 Å². The highest BCUT2D eigenvalue weighted by Gasteiger charge is 2.12. The quantitative estimate of drug-likeness (QED) is 0.686. The fourth-order valence-corrected chi connectivity index (χ4v) is 3.52. The van der Waals surface area contributed by atoms with Crippen molar-refractivity contribution in [3.05, 3.63) is 56.7 Å². The lowest BCUT2D eigenvalue weighted by Crippen LogP contribution is -2.22. The molecule has 1 nitrogen and oxygen atoms in total. The molecule has 1 aromatic carbocycles. The highest BCUT2D eigenvalue weighted by atomic mass is 35.5. The average molecular weight is 322 g/mol. The van der Waals surface area contributed by atoms with Crippen LogP contribution in [0.5, 0.6) is 0 Å². The molecule has 1 N–H and O–H groups in total. The minimum atomic E-state index is 0.305. The van der Waals surface area contributed by atoms with E-state index in [9.17, 15) is 0 Å². The van der Waals surface area contributed by atoms with E-state index in [4.69, 9.17) is 11.6 Å². The molecule has 2 rings (SSSR count). The Morgan fingerprint density at radius 2 is 1.62 bits per heavy atom. The van der Waals surface area contributed by atoms with Gasteiger partial charge in [0.25, 0.3) is 0 Å². The van der Waals surface area contributed by atoms with Gasteiger partial charge in [-0.3, -0.25) is 0 Å². The van der Waals surface area contributed by atoms with Gasteiger partial charge < -0.3 is 5.32 Å². The SMILES string of the molecule is CC(C)Cc1ccc(C(C)NC(C)c2csc(Cl)c2)cc1. The van der Waals surface area contributed by atoms with E-state index in [-0.39, 0.29) is 0 Å². The summed E-state index contributed by atoms with van der Waals surface area (Å²) in [6, 6.07) is 11.7. The first-order valence-electron chi connectivity index (χ1n) is 7.54. The third-order valence-corrected chi connectivity index (χ3v) is 4.82. The molecule has 1 aromatic heterocycles. The second-order valence-corrected chi connectivity index (χ2v) is 7.68. The minimum absolute atomic E-state index is 0.305. The van der Waals surface area contributed by atoms with E-state index in [1.165, 1.54) is 16.7 Å². The maximum absolute atomic E-state index is 6.01. The number of hydrogen-bond acceptors (Lipinski definition) is 2. The summed E-state index contributed by atoms with van der Waals surface area (Å²) in [4.78, 5) is 0. The molecule has 0 saturated heterocycles. The zero-order chi connectivity index (χ0) is 15.4. The monoisotopic (exact) mass is 321 g/mol. The van der Waals surface area contributed by atoms with Gasteiger partial charge in [0.05, 0.1) is 4.34 Å². The van der Waals surface area contributed by atoms with Gasteiger partial charge in [-0.25, -0.2) is 0 Å². The molecule has 0 amide bonds. The van der Waals surface area contributed by atoms with E-state index in [0.717, 1.165) is 10.8 Å². The molecule has 0 radical (unpaired) electrons. The van der Waals surface area contributed by atoms with E-state index in [1.807, 2.05) is 6.07 Å². The molecule has 2 atom stereocenters. The van der Waals surface area contributed by atoms with E-state index in [0.29, 0.717) is 18.0 Å². The largest absolute Gasteiger partial charge is 0.304 e. The number of rotatable bonds is 6. The Morgan fingerprint density at radius 1 is 1.00 bits per heavy atom. The van der Waals surface area contributed by atoms with Crippen LogP contribution in [0.4, 0.5) is 0 Å². The van der Waals surface area contributed by atoms with Crippen LogP contribution in [-0.2, 0) is 6.42 Å². The number of thiophene rings is 1. The van der Waals surface area contributed by atoms with Crippen LogP contribution in [0.15, 0.2) is 35.7 Å². The second kappa shape index (κ2) is 7.44. The standard InChI is InChI=1S/C18H24ClNS/c1-12(2)9-15-5-7-16(8-6-15)13(3)20-14(4)17-10-18(19)21-11-17/h5-8,10-14,20H,9H2,1-4H3. The van der Waals surface area contributed by atoms with Crippen LogP contribution in [-0.4, -0.2) is 0 Å². The molecule has 0 saturated carbocycles. The third kappa shape index (κ3) is 4.84. The lowest BCUT2D eigenvalue weighted by molar-refractivity contribution is 0.495. The Bertz CT molecular complexity index is 559. The van der Waals surface area contributed by atoms with Crippen molar-refractivity contribution in [3.63, 3.8) is 0 Å². The summed E-state index contributed by atoms with van der Waals surface area (Å²) in [6.07, 6.45) is 1.14. The van der Waals surface area contributed by atoms with Crippen LogP contribution >= 0.6 is 22.9 Å². The molecule has 2 unspecified atom stereocenters. The van der Waals surface area contributed by atoms with E-state index in [1.54, 1.807) is 11.3 Å². The molecule has 0 spiro atoms. The summed E-state index contributed by atoms with van der Waals surface area (Å²) in [5.41, 5.74) is 4.00. The van der Waals surface area contributed by atoms with Crippen molar-refractivity contribution >= 4 is 22.9 Å². The maximum atomic E-state index is 6.01. The minimum Gasteiger partial charge on any atom is -0.304 e. The Hall–Kier alpha value is -0.830. The van der Waals surface area contributed by atoms with Crippen molar-refractivity contribution in [1.82, 2.24) is 5.32 Å². The molecule has 0 aliphatic rings. The third-order valence-electron chi connectivity index (χ3n) is 3.71. The van der Waals surface area contributed by atoms with Gasteiger partial charge in [0.15, 0.2) is 0 Å². The van der Waals surface area contributed by atoms with E-state index >= 15 is 0 Å². The maximum Gasteiger partial charge on any atom is 0.0931 e. The molecular formula is C18H24ClNS. The van der Waals surface area contributed by atoms with Crippen molar-refractivity contribution in [3.8, 4) is 0 Å². The van der Waals surface area contributed by atoms with Crippen molar-refractivity contribution in [2.75, 3.05) is 0 Å². The number of hydrogen-bond donors (Lipinski definition) is 1. The molecule has 0 fully saturated rings. The Balaban J connectivity index is 1.98. The van der Waals surface area contributed by atoms with Crippen molar-refractivity contribution in [2.24, 2.45) is 5.92 Å². The first kappa shape index (κ1) is 16.5. The van der Waals surface area contributed by atoms with E-state index in [2.05, 4.69) is 62.7 Å². The summed E-state index contributed by atoms with van der Waals surface area (Å²) >= 11 is 7.60. The van der Waals surface area contributed by atoms with Gasteiger partial charge in [-0.2, -0.15) is 0 Å². The first-order valence-corrected chi connectivity index (χ1v) is 8.80. The molecule has 0 aliphatic carbocycles. The highest BCUT2D eigenvalue weighted by Crippen LogP contribution is 2.26. The van der Waals surface area contributed by atoms with Crippen LogP contribution in [0.25, 0.3) is 0 Å². The van der Waals surface area contributed by atoms with Gasteiger partial charge >= 0.3 is 0 Å². The van der Waals surface area contributed by atoms with Gasteiger partial charge in [-0.05, 0) is 54.3 Å². The van der Waals surface area contributed by atoms with Gasteiger partial charge in [0.2, 0.25) is 0 Å². The van der Waals surface area contributed by atoms with Crippen molar-refractivity contribution in [2.45, 2.75) is 46.2 Å². The summed E-state index contributed by atoms with van der Waals surface area (Å²) in [6.45, 7) is 8.90. The molecular weight excluding hydrogens is 298 g/mol. The topological polar surface area (TPSA) is 12.0 Å². The smallest absolute Gasteiger partial charge is 0.0931 e. The van der Waals surface area contributed by atoms with Gasteiger partial charge in [0, 0.05) is 12.1 Å². The summed E-state index contributed by atoms with van der Waals surface area (Å²) in [5.74, 6) is 0.703. The van der Waals surface area contributed by atoms with Crippen LogP contribution < -0.4 is 5.32 Å². The summed E-state index contributed by atoms with van der Waals surface area (Å²) in [5, 5.41) is 5.76. The lowest BCUT2D eigenvalue weighted by Gasteiger charge is -2.20. The van der Waals surface area contributed by atoms with Gasteiger partial charge in [-0.15, -0.1) is 11.3 Å². The molecule has 0 aliphatic heterocycles. The second-order valence-electron chi connectivity index (χ2n) is 6.13. The van der Waals surface area contributed by atoms with E-state index < -0.39 is 0 Å². The van der Waals surface area contributed by atoms with Gasteiger partial charge in [0.1, 0.15) is 0 Å². The van der Waals surface area contributed by atoms with Crippen LogP contribution in [0.3, 0.4) is 0 Å². The number of halogens is 1. The fourth-order valence-electron chi connectivity index (χ4n) is 2.53. The predicted molar refractivity (Wildman–Crippen MR) is 94.3 cm³/mol. The van der Waals surface area contributed by atoms with Crippen LogP contribution in [0.1, 0.15) is 56.5 Å². The number of benzene rings is 1. The highest BCUT2D eigenvalue weighted by molar-refractivity contribution is 7.14. The molecule has 114 valence electrons. The summed E-state index contributed by atoms with van der Waals surface area (Å²) < 4.78 is 0.851. The molecule has 3 heteroatoms. The molecule has 1 heterocycles. The normalized spacial score (nSPS) is 14.4. The zero-order valence-electron chi connectivity index (χ0n) is 13.2. The number of nitrogens with one attached hydrogen (secondary N) is 1. The summed E-state index contributed by atoms with van der Waals surface area (Å²) in [7, 11) is 0. The van der Waals surface area contributed by atoms with Gasteiger partial charge in [-0.1, -0.05) is 49.7 Å². The Kier molecular flexibility index (Phi) is 5.86.